The van der Waals surface area contributed by atoms with Crippen molar-refractivity contribution >= 4 is 15.9 Å². The van der Waals surface area contributed by atoms with Gasteiger partial charge in [0.15, 0.2) is 5.76 Å². The zero-order valence-electron chi connectivity index (χ0n) is 12.4. The van der Waals surface area contributed by atoms with Crippen LogP contribution in [0.15, 0.2) is 51.5 Å². The molecule has 3 rings (SSSR count). The third-order valence-corrected chi connectivity index (χ3v) is 4.08. The van der Waals surface area contributed by atoms with Crippen LogP contribution < -0.4 is 0 Å². The second kappa shape index (κ2) is 6.07. The number of aryl methyl sites for hydroxylation is 2. The van der Waals surface area contributed by atoms with Crippen molar-refractivity contribution in [1.29, 1.82) is 0 Å². The molecule has 0 unspecified atom stereocenters. The third kappa shape index (κ3) is 2.85. The largest absolute Gasteiger partial charge is 0.391 e. The Hall–Kier alpha value is -1.91. The van der Waals surface area contributed by atoms with E-state index < -0.39 is 0 Å². The molecule has 0 fully saturated rings. The molecule has 4 heteroatoms. The highest BCUT2D eigenvalue weighted by atomic mass is 79.9. The number of benzene rings is 2. The van der Waals surface area contributed by atoms with Gasteiger partial charge < -0.3 is 9.63 Å². The molecule has 112 valence electrons. The predicted molar refractivity (Wildman–Crippen MR) is 90.5 cm³/mol. The van der Waals surface area contributed by atoms with E-state index in [9.17, 15) is 5.11 Å². The van der Waals surface area contributed by atoms with Crippen molar-refractivity contribution in [2.75, 3.05) is 0 Å². The van der Waals surface area contributed by atoms with Crippen LogP contribution in [-0.4, -0.2) is 10.3 Å². The summed E-state index contributed by atoms with van der Waals surface area (Å²) in [5.41, 5.74) is 5.57. The molecule has 0 bridgehead atoms. The van der Waals surface area contributed by atoms with E-state index in [0.29, 0.717) is 17.0 Å². The molecule has 0 aliphatic heterocycles. The lowest BCUT2D eigenvalue weighted by molar-refractivity contribution is 0.281. The van der Waals surface area contributed by atoms with Gasteiger partial charge in [0, 0.05) is 15.6 Å². The van der Waals surface area contributed by atoms with Gasteiger partial charge in [-0.25, -0.2) is 0 Å². The molecule has 3 nitrogen and oxygen atoms in total. The van der Waals surface area contributed by atoms with Crippen LogP contribution in [0.1, 0.15) is 16.7 Å². The van der Waals surface area contributed by atoms with Crippen LogP contribution in [0.3, 0.4) is 0 Å². The van der Waals surface area contributed by atoms with E-state index in [1.165, 1.54) is 0 Å². The van der Waals surface area contributed by atoms with Crippen LogP contribution in [0.5, 0.6) is 0 Å². The molecule has 3 aromatic rings. The number of nitrogens with zero attached hydrogens (tertiary/aromatic N) is 1. The van der Waals surface area contributed by atoms with Crippen LogP contribution in [0.4, 0.5) is 0 Å². The Kier molecular flexibility index (Phi) is 4.14. The zero-order valence-corrected chi connectivity index (χ0v) is 14.0. The van der Waals surface area contributed by atoms with Gasteiger partial charge in [0.25, 0.3) is 0 Å². The lowest BCUT2D eigenvalue weighted by atomic mass is 10.0. The van der Waals surface area contributed by atoms with Gasteiger partial charge in [-0.3, -0.25) is 0 Å². The van der Waals surface area contributed by atoms with E-state index in [2.05, 4.69) is 27.2 Å². The SMILES string of the molecule is Cc1cc(C)cc(-c2onc(-c3ccc(Br)cc3)c2CO)c1. The maximum Gasteiger partial charge on any atom is 0.173 e. The van der Waals surface area contributed by atoms with E-state index in [1.807, 2.05) is 50.2 Å². The Morgan fingerprint density at radius 3 is 2.23 bits per heavy atom. The Morgan fingerprint density at radius 2 is 1.64 bits per heavy atom. The highest BCUT2D eigenvalue weighted by molar-refractivity contribution is 9.10. The fourth-order valence-electron chi connectivity index (χ4n) is 2.62. The van der Waals surface area contributed by atoms with Gasteiger partial charge in [0.2, 0.25) is 0 Å². The van der Waals surface area contributed by atoms with E-state index in [-0.39, 0.29) is 6.61 Å². The summed E-state index contributed by atoms with van der Waals surface area (Å²) < 4.78 is 6.55. The van der Waals surface area contributed by atoms with Gasteiger partial charge in [-0.05, 0) is 38.1 Å². The molecule has 0 atom stereocenters. The second-order valence-corrected chi connectivity index (χ2v) is 6.30. The molecular formula is C18H16BrNO2. The summed E-state index contributed by atoms with van der Waals surface area (Å²) in [7, 11) is 0. The molecule has 0 aliphatic rings. The summed E-state index contributed by atoms with van der Waals surface area (Å²) in [6.45, 7) is 3.97. The lowest BCUT2D eigenvalue weighted by Crippen LogP contribution is -1.90. The molecule has 0 radical (unpaired) electrons. The molecule has 0 saturated heterocycles. The van der Waals surface area contributed by atoms with Crippen LogP contribution in [0.2, 0.25) is 0 Å². The lowest BCUT2D eigenvalue weighted by Gasteiger charge is -2.04. The van der Waals surface area contributed by atoms with E-state index in [4.69, 9.17) is 4.52 Å². The van der Waals surface area contributed by atoms with Crippen molar-refractivity contribution in [3.63, 3.8) is 0 Å². The molecule has 1 heterocycles. The molecule has 2 aromatic carbocycles. The molecule has 22 heavy (non-hydrogen) atoms. The Labute approximate surface area is 137 Å². The summed E-state index contributed by atoms with van der Waals surface area (Å²) in [6.07, 6.45) is 0. The van der Waals surface area contributed by atoms with Crippen LogP contribution in [-0.2, 0) is 6.61 Å². The minimum atomic E-state index is -0.114. The molecule has 0 amide bonds. The van der Waals surface area contributed by atoms with Crippen molar-refractivity contribution < 1.29 is 9.63 Å². The van der Waals surface area contributed by atoms with Gasteiger partial charge in [0.05, 0.1) is 12.2 Å². The van der Waals surface area contributed by atoms with Crippen LogP contribution in [0.25, 0.3) is 22.6 Å². The Morgan fingerprint density at radius 1 is 1.00 bits per heavy atom. The topological polar surface area (TPSA) is 46.3 Å². The summed E-state index contributed by atoms with van der Waals surface area (Å²) in [5, 5.41) is 14.0. The number of aromatic nitrogens is 1. The summed E-state index contributed by atoms with van der Waals surface area (Å²) in [5.74, 6) is 0.632. The minimum Gasteiger partial charge on any atom is -0.391 e. The average Bonchev–Trinajstić information content (AvgIpc) is 2.91. The number of aliphatic hydroxyl groups is 1. The van der Waals surface area contributed by atoms with Gasteiger partial charge in [-0.1, -0.05) is 50.4 Å². The quantitative estimate of drug-likeness (QED) is 0.726. The molecule has 0 aliphatic carbocycles. The van der Waals surface area contributed by atoms with Crippen LogP contribution in [0, 0.1) is 13.8 Å². The van der Waals surface area contributed by atoms with Crippen molar-refractivity contribution in [3.8, 4) is 22.6 Å². The Balaban J connectivity index is 2.12. The number of hydrogen-bond acceptors (Lipinski definition) is 3. The average molecular weight is 358 g/mol. The van der Waals surface area contributed by atoms with Crippen molar-refractivity contribution in [2.24, 2.45) is 0 Å². The summed E-state index contributed by atoms with van der Waals surface area (Å²) in [4.78, 5) is 0. The van der Waals surface area contributed by atoms with E-state index in [1.54, 1.807) is 0 Å². The monoisotopic (exact) mass is 357 g/mol. The predicted octanol–water partition coefficient (Wildman–Crippen LogP) is 4.88. The van der Waals surface area contributed by atoms with E-state index in [0.717, 1.165) is 26.7 Å². The summed E-state index contributed by atoms with van der Waals surface area (Å²) in [6, 6.07) is 14.0. The number of aliphatic hydroxyl groups excluding tert-OH is 1. The third-order valence-electron chi connectivity index (χ3n) is 3.55. The van der Waals surface area contributed by atoms with Crippen molar-refractivity contribution in [1.82, 2.24) is 5.16 Å². The maximum absolute atomic E-state index is 9.79. The minimum absolute atomic E-state index is 0.114. The van der Waals surface area contributed by atoms with Crippen LogP contribution >= 0.6 is 15.9 Å². The second-order valence-electron chi connectivity index (χ2n) is 5.38. The smallest absolute Gasteiger partial charge is 0.173 e. The standard InChI is InChI=1S/C18H16BrNO2/c1-11-7-12(2)9-14(8-11)18-16(10-21)17(20-22-18)13-3-5-15(19)6-4-13/h3-9,21H,10H2,1-2H3. The maximum atomic E-state index is 9.79. The van der Waals surface area contributed by atoms with Gasteiger partial charge in [0.1, 0.15) is 5.69 Å². The highest BCUT2D eigenvalue weighted by Gasteiger charge is 2.18. The first-order valence-electron chi connectivity index (χ1n) is 7.02. The first-order chi connectivity index (χ1) is 10.6. The summed E-state index contributed by atoms with van der Waals surface area (Å²) >= 11 is 3.42. The Bertz CT molecular complexity index is 786. The molecule has 0 saturated carbocycles. The number of hydrogen-bond donors (Lipinski definition) is 1. The van der Waals surface area contributed by atoms with Gasteiger partial charge in [-0.15, -0.1) is 0 Å². The van der Waals surface area contributed by atoms with Gasteiger partial charge in [-0.2, -0.15) is 0 Å². The van der Waals surface area contributed by atoms with Gasteiger partial charge >= 0.3 is 0 Å². The highest BCUT2D eigenvalue weighted by Crippen LogP contribution is 2.33. The fraction of sp³-hybridized carbons (Fsp3) is 0.167. The fourth-order valence-corrected chi connectivity index (χ4v) is 2.89. The number of rotatable bonds is 3. The first-order valence-corrected chi connectivity index (χ1v) is 7.82. The molecular weight excluding hydrogens is 342 g/mol. The van der Waals surface area contributed by atoms with Crippen molar-refractivity contribution in [2.45, 2.75) is 20.5 Å². The van der Waals surface area contributed by atoms with E-state index >= 15 is 0 Å². The molecule has 0 spiro atoms. The van der Waals surface area contributed by atoms with Crippen molar-refractivity contribution in [3.05, 3.63) is 63.6 Å². The number of halogens is 1. The normalized spacial score (nSPS) is 10.9. The zero-order chi connectivity index (χ0) is 15.7. The molecule has 1 aromatic heterocycles. The first kappa shape index (κ1) is 15.0. The molecule has 1 N–H and O–H groups in total.